The number of nitrogens with one attached hydrogen (secondary N) is 2. The fraction of sp³-hybridized carbons (Fsp3) is 0.364. The van der Waals surface area contributed by atoms with Gasteiger partial charge in [0.15, 0.2) is 0 Å². The molecule has 26 heavy (non-hydrogen) atoms. The molecule has 4 nitrogen and oxygen atoms in total. The van der Waals surface area contributed by atoms with E-state index in [1.807, 2.05) is 18.2 Å². The van der Waals surface area contributed by atoms with Crippen LogP contribution in [0.25, 0.3) is 0 Å². The molecule has 0 unspecified atom stereocenters. The molecule has 136 valence electrons. The van der Waals surface area contributed by atoms with Gasteiger partial charge in [0.25, 0.3) is 0 Å². The number of hydrogen-bond donors (Lipinski definition) is 2. The van der Waals surface area contributed by atoms with E-state index in [1.54, 1.807) is 0 Å². The number of benzene rings is 2. The van der Waals surface area contributed by atoms with Crippen molar-refractivity contribution in [2.45, 2.75) is 51.9 Å². The van der Waals surface area contributed by atoms with Crippen molar-refractivity contribution in [1.82, 2.24) is 0 Å². The van der Waals surface area contributed by atoms with Gasteiger partial charge in [-0.15, -0.1) is 0 Å². The third-order valence-electron chi connectivity index (χ3n) is 4.75. The Morgan fingerprint density at radius 2 is 1.81 bits per heavy atom. The summed E-state index contributed by atoms with van der Waals surface area (Å²) >= 11 is 0. The number of amides is 2. The van der Waals surface area contributed by atoms with Crippen LogP contribution in [-0.2, 0) is 27.8 Å². The van der Waals surface area contributed by atoms with Crippen LogP contribution in [0, 0.1) is 0 Å². The van der Waals surface area contributed by atoms with Crippen LogP contribution in [0.5, 0.6) is 0 Å². The molecule has 0 spiro atoms. The largest absolute Gasteiger partial charge is 0.326 e. The summed E-state index contributed by atoms with van der Waals surface area (Å²) in [5, 5.41) is 5.81. The molecule has 2 aromatic rings. The van der Waals surface area contributed by atoms with Gasteiger partial charge in [0.05, 0.1) is 0 Å². The molecule has 1 aliphatic heterocycles. The molecular weight excluding hydrogens is 324 g/mol. The second kappa shape index (κ2) is 7.32. The monoisotopic (exact) mass is 350 g/mol. The Morgan fingerprint density at radius 3 is 2.50 bits per heavy atom. The Bertz CT molecular complexity index is 817. The van der Waals surface area contributed by atoms with Gasteiger partial charge in [-0.2, -0.15) is 0 Å². The molecule has 0 fully saturated rings. The van der Waals surface area contributed by atoms with Crippen molar-refractivity contribution >= 4 is 23.2 Å². The van der Waals surface area contributed by atoms with E-state index < -0.39 is 0 Å². The topological polar surface area (TPSA) is 58.2 Å². The SMILES string of the molecule is CC(C)(C)c1ccc(CCC(=O)Nc2ccc3c(c2)CCC(=O)N3)cc1. The average Bonchev–Trinajstić information content (AvgIpc) is 2.60. The molecule has 1 aliphatic rings. The van der Waals surface area contributed by atoms with Crippen molar-refractivity contribution in [3.8, 4) is 0 Å². The van der Waals surface area contributed by atoms with Gasteiger partial charge in [-0.25, -0.2) is 0 Å². The number of hydrogen-bond acceptors (Lipinski definition) is 2. The first-order chi connectivity index (χ1) is 12.3. The minimum absolute atomic E-state index is 0.00435. The summed E-state index contributed by atoms with van der Waals surface area (Å²) in [6.07, 6.45) is 2.37. The second-order valence-corrected chi connectivity index (χ2v) is 7.92. The minimum Gasteiger partial charge on any atom is -0.326 e. The summed E-state index contributed by atoms with van der Waals surface area (Å²) in [6.45, 7) is 6.58. The van der Waals surface area contributed by atoms with E-state index in [-0.39, 0.29) is 17.2 Å². The number of carbonyl (C=O) groups is 2. The van der Waals surface area contributed by atoms with Crippen molar-refractivity contribution in [3.05, 3.63) is 59.2 Å². The van der Waals surface area contributed by atoms with Crippen molar-refractivity contribution in [2.75, 3.05) is 10.6 Å². The lowest BCUT2D eigenvalue weighted by molar-refractivity contribution is -0.117. The maximum absolute atomic E-state index is 12.3. The zero-order chi connectivity index (χ0) is 18.7. The van der Waals surface area contributed by atoms with E-state index in [1.165, 1.54) is 11.1 Å². The summed E-state index contributed by atoms with van der Waals surface area (Å²) in [6, 6.07) is 14.1. The van der Waals surface area contributed by atoms with Crippen LogP contribution < -0.4 is 10.6 Å². The first kappa shape index (κ1) is 18.2. The van der Waals surface area contributed by atoms with Gasteiger partial charge in [-0.05, 0) is 53.1 Å². The molecule has 4 heteroatoms. The number of carbonyl (C=O) groups excluding carboxylic acids is 2. The Labute approximate surface area is 155 Å². The van der Waals surface area contributed by atoms with Gasteiger partial charge in [0.1, 0.15) is 0 Å². The average molecular weight is 350 g/mol. The van der Waals surface area contributed by atoms with Crippen molar-refractivity contribution < 1.29 is 9.59 Å². The van der Waals surface area contributed by atoms with Crippen LogP contribution >= 0.6 is 0 Å². The molecular formula is C22H26N2O2. The summed E-state index contributed by atoms with van der Waals surface area (Å²) in [5.74, 6) is 0.0523. The lowest BCUT2D eigenvalue weighted by Crippen LogP contribution is -2.19. The zero-order valence-corrected chi connectivity index (χ0v) is 15.7. The molecule has 0 radical (unpaired) electrons. The number of rotatable bonds is 4. The molecule has 0 aliphatic carbocycles. The summed E-state index contributed by atoms with van der Waals surface area (Å²) in [5.41, 5.74) is 5.31. The highest BCUT2D eigenvalue weighted by molar-refractivity contribution is 5.95. The first-order valence-corrected chi connectivity index (χ1v) is 9.13. The Kier molecular flexibility index (Phi) is 5.12. The maximum Gasteiger partial charge on any atom is 0.224 e. The summed E-state index contributed by atoms with van der Waals surface area (Å²) in [7, 11) is 0. The molecule has 2 amide bonds. The smallest absolute Gasteiger partial charge is 0.224 e. The quantitative estimate of drug-likeness (QED) is 0.856. The third kappa shape index (κ3) is 4.51. The standard InChI is InChI=1S/C22H26N2O2/c1-22(2,3)17-8-4-15(5-9-17)6-12-20(25)23-18-10-11-19-16(14-18)7-13-21(26)24-19/h4-5,8-11,14H,6-7,12-13H2,1-3H3,(H,23,25)(H,24,26). The molecule has 1 heterocycles. The van der Waals surface area contributed by atoms with Crippen LogP contribution in [0.15, 0.2) is 42.5 Å². The van der Waals surface area contributed by atoms with Crippen LogP contribution in [0.1, 0.15) is 50.3 Å². The Balaban J connectivity index is 1.55. The fourth-order valence-electron chi connectivity index (χ4n) is 3.11. The Hall–Kier alpha value is -2.62. The molecule has 2 N–H and O–H groups in total. The fourth-order valence-corrected chi connectivity index (χ4v) is 3.11. The normalized spacial score (nSPS) is 13.7. The minimum atomic E-state index is 0.00435. The van der Waals surface area contributed by atoms with Crippen LogP contribution in [0.3, 0.4) is 0 Å². The highest BCUT2D eigenvalue weighted by Crippen LogP contribution is 2.26. The van der Waals surface area contributed by atoms with Gasteiger partial charge >= 0.3 is 0 Å². The molecule has 3 rings (SSSR count). The summed E-state index contributed by atoms with van der Waals surface area (Å²) in [4.78, 5) is 23.7. The van der Waals surface area contributed by atoms with E-state index >= 15 is 0 Å². The van der Waals surface area contributed by atoms with Gasteiger partial charge in [0, 0.05) is 24.2 Å². The van der Waals surface area contributed by atoms with Crippen molar-refractivity contribution in [2.24, 2.45) is 0 Å². The van der Waals surface area contributed by atoms with Gasteiger partial charge in [-0.1, -0.05) is 45.0 Å². The maximum atomic E-state index is 12.3. The highest BCUT2D eigenvalue weighted by Gasteiger charge is 2.15. The second-order valence-electron chi connectivity index (χ2n) is 7.92. The lowest BCUT2D eigenvalue weighted by atomic mass is 9.86. The number of aryl methyl sites for hydroxylation is 2. The third-order valence-corrected chi connectivity index (χ3v) is 4.75. The van der Waals surface area contributed by atoms with Crippen LogP contribution in [-0.4, -0.2) is 11.8 Å². The van der Waals surface area contributed by atoms with Gasteiger partial charge in [-0.3, -0.25) is 9.59 Å². The van der Waals surface area contributed by atoms with E-state index in [2.05, 4.69) is 55.7 Å². The van der Waals surface area contributed by atoms with Gasteiger partial charge in [0.2, 0.25) is 11.8 Å². The van der Waals surface area contributed by atoms with E-state index in [9.17, 15) is 9.59 Å². The van der Waals surface area contributed by atoms with Gasteiger partial charge < -0.3 is 10.6 Å². The lowest BCUT2D eigenvalue weighted by Gasteiger charge is -2.19. The predicted molar refractivity (Wildman–Crippen MR) is 105 cm³/mol. The van der Waals surface area contributed by atoms with Crippen molar-refractivity contribution in [3.63, 3.8) is 0 Å². The van der Waals surface area contributed by atoms with E-state index in [4.69, 9.17) is 0 Å². The molecule has 2 aromatic carbocycles. The zero-order valence-electron chi connectivity index (χ0n) is 15.7. The Morgan fingerprint density at radius 1 is 1.08 bits per heavy atom. The molecule has 0 aromatic heterocycles. The van der Waals surface area contributed by atoms with E-state index in [0.29, 0.717) is 19.3 Å². The predicted octanol–water partition coefficient (Wildman–Crippen LogP) is 4.44. The number of fused-ring (bicyclic) bond motifs is 1. The van der Waals surface area contributed by atoms with Crippen LogP contribution in [0.4, 0.5) is 11.4 Å². The molecule has 0 atom stereocenters. The van der Waals surface area contributed by atoms with Crippen molar-refractivity contribution in [1.29, 1.82) is 0 Å². The van der Waals surface area contributed by atoms with E-state index in [0.717, 1.165) is 23.4 Å². The van der Waals surface area contributed by atoms with Crippen LogP contribution in [0.2, 0.25) is 0 Å². The molecule has 0 bridgehead atoms. The first-order valence-electron chi connectivity index (χ1n) is 9.13. The number of anilines is 2. The molecule has 0 saturated heterocycles. The summed E-state index contributed by atoms with van der Waals surface area (Å²) < 4.78 is 0. The highest BCUT2D eigenvalue weighted by atomic mass is 16.2. The molecule has 0 saturated carbocycles.